The van der Waals surface area contributed by atoms with E-state index >= 15 is 0 Å². The van der Waals surface area contributed by atoms with E-state index in [-0.39, 0.29) is 6.10 Å². The molecule has 0 bridgehead atoms. The summed E-state index contributed by atoms with van der Waals surface area (Å²) in [6.07, 6.45) is -0.0616. The van der Waals surface area contributed by atoms with Gasteiger partial charge in [0.05, 0.1) is 12.6 Å². The average molecular weight is 369 g/mol. The van der Waals surface area contributed by atoms with Crippen molar-refractivity contribution in [1.29, 1.82) is 0 Å². The van der Waals surface area contributed by atoms with Crippen molar-refractivity contribution in [1.82, 2.24) is 4.68 Å². The molecule has 0 spiro atoms. The molecule has 3 aromatic carbocycles. The molecule has 0 saturated heterocycles. The summed E-state index contributed by atoms with van der Waals surface area (Å²) in [6, 6.07) is 31.2. The molecule has 0 aliphatic carbocycles. The van der Waals surface area contributed by atoms with E-state index in [0.717, 1.165) is 33.8 Å². The molecule has 28 heavy (non-hydrogen) atoms. The molecular formula is C25H25N2O+. The number of nitrogens with zero attached hydrogens (tertiary/aromatic N) is 2. The molecule has 3 nitrogen and oxygen atoms in total. The zero-order valence-electron chi connectivity index (χ0n) is 16.5. The lowest BCUT2D eigenvalue weighted by Crippen LogP contribution is -2.39. The maximum absolute atomic E-state index is 6.63. The lowest BCUT2D eigenvalue weighted by molar-refractivity contribution is -0.740. The Bertz CT molecular complexity index is 991. The van der Waals surface area contributed by atoms with Crippen LogP contribution in [0.1, 0.15) is 18.6 Å². The van der Waals surface area contributed by atoms with Gasteiger partial charge in [0.15, 0.2) is 12.7 Å². The van der Waals surface area contributed by atoms with E-state index in [2.05, 4.69) is 103 Å². The van der Waals surface area contributed by atoms with E-state index in [0.29, 0.717) is 0 Å². The molecular weight excluding hydrogens is 344 g/mol. The number of benzene rings is 3. The Hall–Kier alpha value is -3.33. The third kappa shape index (κ3) is 3.31. The molecule has 0 radical (unpaired) electrons. The molecule has 3 heteroatoms. The van der Waals surface area contributed by atoms with Gasteiger partial charge in [0.25, 0.3) is 5.69 Å². The van der Waals surface area contributed by atoms with E-state index < -0.39 is 0 Å². The van der Waals surface area contributed by atoms with Crippen LogP contribution in [-0.4, -0.2) is 4.68 Å². The molecule has 4 rings (SSSR count). The molecule has 4 aromatic rings. The summed E-state index contributed by atoms with van der Waals surface area (Å²) in [4.78, 5) is 0. The lowest BCUT2D eigenvalue weighted by atomic mass is 10.1. The van der Waals surface area contributed by atoms with Crippen molar-refractivity contribution in [3.63, 3.8) is 0 Å². The summed E-state index contributed by atoms with van der Waals surface area (Å²) < 4.78 is 10.9. The Morgan fingerprint density at radius 1 is 0.750 bits per heavy atom. The monoisotopic (exact) mass is 369 g/mol. The van der Waals surface area contributed by atoms with Crippen molar-refractivity contribution >= 4 is 0 Å². The van der Waals surface area contributed by atoms with Crippen LogP contribution in [0.2, 0.25) is 0 Å². The molecule has 0 N–H and O–H groups in total. The minimum Gasteiger partial charge on any atom is -0.477 e. The molecule has 0 aliphatic heterocycles. The standard InChI is InChI=1S/C25H25N2O/c1-19(20-13-7-4-8-14-20)28-25-23(21-15-9-5-10-16-21)26(2)27(3)24(25)22-17-11-6-12-18-22/h4-19H,1-3H3/q+1. The van der Waals surface area contributed by atoms with E-state index in [1.165, 1.54) is 0 Å². The van der Waals surface area contributed by atoms with Gasteiger partial charge in [-0.3, -0.25) is 0 Å². The maximum atomic E-state index is 6.63. The van der Waals surface area contributed by atoms with Crippen LogP contribution in [-0.2, 0) is 14.1 Å². The second-order valence-electron chi connectivity index (χ2n) is 6.98. The quantitative estimate of drug-likeness (QED) is 0.435. The second-order valence-corrected chi connectivity index (χ2v) is 6.98. The smallest absolute Gasteiger partial charge is 0.280 e. The molecule has 140 valence electrons. The van der Waals surface area contributed by atoms with Crippen molar-refractivity contribution in [2.24, 2.45) is 14.1 Å². The fourth-order valence-electron chi connectivity index (χ4n) is 3.61. The van der Waals surface area contributed by atoms with Gasteiger partial charge in [-0.15, -0.1) is 4.68 Å². The summed E-state index contributed by atoms with van der Waals surface area (Å²) in [7, 11) is 4.16. The van der Waals surface area contributed by atoms with Crippen LogP contribution in [0.3, 0.4) is 0 Å². The van der Waals surface area contributed by atoms with Crippen LogP contribution in [0.15, 0.2) is 91.0 Å². The third-order valence-electron chi connectivity index (χ3n) is 5.19. The fourth-order valence-corrected chi connectivity index (χ4v) is 3.61. The van der Waals surface area contributed by atoms with Crippen molar-refractivity contribution in [2.45, 2.75) is 13.0 Å². The van der Waals surface area contributed by atoms with Crippen LogP contribution in [0, 0.1) is 0 Å². The zero-order valence-corrected chi connectivity index (χ0v) is 16.5. The van der Waals surface area contributed by atoms with Gasteiger partial charge in [-0.05, 0) is 24.6 Å². The van der Waals surface area contributed by atoms with Crippen LogP contribution in [0.25, 0.3) is 22.5 Å². The zero-order chi connectivity index (χ0) is 19.5. The SMILES string of the molecule is CC(Oc1c(-c2ccccc2)n(C)[n+](C)c1-c1ccccc1)c1ccccc1. The summed E-state index contributed by atoms with van der Waals surface area (Å²) in [5.41, 5.74) is 5.58. The highest BCUT2D eigenvalue weighted by Crippen LogP contribution is 2.39. The molecule has 1 heterocycles. The predicted octanol–water partition coefficient (Wildman–Crippen LogP) is 5.32. The van der Waals surface area contributed by atoms with Gasteiger partial charge in [0, 0.05) is 5.56 Å². The number of hydrogen-bond acceptors (Lipinski definition) is 1. The minimum atomic E-state index is -0.0616. The highest BCUT2D eigenvalue weighted by molar-refractivity contribution is 5.76. The maximum Gasteiger partial charge on any atom is 0.280 e. The third-order valence-corrected chi connectivity index (χ3v) is 5.19. The van der Waals surface area contributed by atoms with Gasteiger partial charge in [-0.25, -0.2) is 0 Å². The van der Waals surface area contributed by atoms with Crippen molar-refractivity contribution < 1.29 is 9.42 Å². The first kappa shape index (κ1) is 18.1. The van der Waals surface area contributed by atoms with Crippen LogP contribution in [0.4, 0.5) is 0 Å². The molecule has 1 unspecified atom stereocenters. The Kier molecular flexibility index (Phi) is 4.98. The Morgan fingerprint density at radius 2 is 1.25 bits per heavy atom. The molecule has 1 aromatic heterocycles. The fraction of sp³-hybridized carbons (Fsp3) is 0.160. The summed E-state index contributed by atoms with van der Waals surface area (Å²) >= 11 is 0. The van der Waals surface area contributed by atoms with Crippen LogP contribution < -0.4 is 9.42 Å². The summed E-state index contributed by atoms with van der Waals surface area (Å²) in [5.74, 6) is 0.902. The number of rotatable bonds is 5. The first-order valence-corrected chi connectivity index (χ1v) is 9.58. The number of aromatic nitrogens is 2. The van der Waals surface area contributed by atoms with E-state index in [1.807, 2.05) is 18.2 Å². The summed E-state index contributed by atoms with van der Waals surface area (Å²) in [5, 5.41) is 0. The molecule has 0 fully saturated rings. The number of ether oxygens (including phenoxy) is 1. The highest BCUT2D eigenvalue weighted by Gasteiger charge is 2.31. The van der Waals surface area contributed by atoms with Gasteiger partial charge >= 0.3 is 0 Å². The second kappa shape index (κ2) is 7.73. The van der Waals surface area contributed by atoms with Gasteiger partial charge in [0.1, 0.15) is 6.10 Å². The van der Waals surface area contributed by atoms with Gasteiger partial charge in [-0.1, -0.05) is 78.9 Å². The highest BCUT2D eigenvalue weighted by atomic mass is 16.5. The lowest BCUT2D eigenvalue weighted by Gasteiger charge is -2.15. The van der Waals surface area contributed by atoms with Crippen LogP contribution >= 0.6 is 0 Å². The first-order valence-electron chi connectivity index (χ1n) is 9.58. The van der Waals surface area contributed by atoms with Crippen LogP contribution in [0.5, 0.6) is 5.75 Å². The normalized spacial score (nSPS) is 12.0. The largest absolute Gasteiger partial charge is 0.477 e. The predicted molar refractivity (Wildman–Crippen MR) is 113 cm³/mol. The van der Waals surface area contributed by atoms with Crippen molar-refractivity contribution in [3.05, 3.63) is 96.6 Å². The van der Waals surface area contributed by atoms with E-state index in [1.54, 1.807) is 0 Å². The van der Waals surface area contributed by atoms with E-state index in [4.69, 9.17) is 4.74 Å². The molecule has 0 aliphatic rings. The number of hydrogen-bond donors (Lipinski definition) is 0. The van der Waals surface area contributed by atoms with Gasteiger partial charge in [-0.2, -0.15) is 4.68 Å². The Labute approximate surface area is 166 Å². The Morgan fingerprint density at radius 3 is 1.82 bits per heavy atom. The van der Waals surface area contributed by atoms with Crippen molar-refractivity contribution in [3.8, 4) is 28.3 Å². The average Bonchev–Trinajstić information content (AvgIpc) is 2.99. The molecule has 1 atom stereocenters. The molecule has 0 amide bonds. The Balaban J connectivity index is 1.90. The first-order chi connectivity index (χ1) is 13.7. The van der Waals surface area contributed by atoms with Gasteiger partial charge < -0.3 is 4.74 Å². The van der Waals surface area contributed by atoms with Crippen molar-refractivity contribution in [2.75, 3.05) is 0 Å². The van der Waals surface area contributed by atoms with E-state index in [9.17, 15) is 0 Å². The summed E-state index contributed by atoms with van der Waals surface area (Å²) in [6.45, 7) is 2.10. The molecule has 0 saturated carbocycles. The minimum absolute atomic E-state index is 0.0616. The van der Waals surface area contributed by atoms with Gasteiger partial charge in [0.2, 0.25) is 5.75 Å². The topological polar surface area (TPSA) is 18.0 Å².